The van der Waals surface area contributed by atoms with Crippen LogP contribution in [0.5, 0.6) is 0 Å². The molecular weight excluding hydrogens is 162 g/mol. The maximum atomic E-state index is 4.29. The lowest BCUT2D eigenvalue weighted by molar-refractivity contribution is 0.351. The Morgan fingerprint density at radius 2 is 2.54 bits per heavy atom. The Morgan fingerprint density at radius 3 is 3.15 bits per heavy atom. The van der Waals surface area contributed by atoms with Crippen LogP contribution in [0.1, 0.15) is 24.8 Å². The first-order chi connectivity index (χ1) is 6.34. The molecule has 1 aliphatic rings. The lowest BCUT2D eigenvalue weighted by Crippen LogP contribution is -2.37. The zero-order valence-corrected chi connectivity index (χ0v) is 8.16. The normalized spacial score (nSPS) is 23.3. The minimum Gasteiger partial charge on any atom is -0.312 e. The first kappa shape index (κ1) is 8.75. The standard InChI is InChI=1S/C10H17N3/c1-9-6-12-13(7-9)8-10-4-2-3-5-11-10/h6-7,10-11H,2-5,8H2,1H3/t10-/m0/s1. The predicted molar refractivity (Wildman–Crippen MR) is 52.6 cm³/mol. The van der Waals surface area contributed by atoms with Gasteiger partial charge in [0.05, 0.1) is 12.7 Å². The van der Waals surface area contributed by atoms with Crippen LogP contribution in [0, 0.1) is 6.92 Å². The minimum atomic E-state index is 0.632. The molecule has 13 heavy (non-hydrogen) atoms. The number of piperidine rings is 1. The zero-order valence-electron chi connectivity index (χ0n) is 8.16. The molecular formula is C10H17N3. The maximum Gasteiger partial charge on any atom is 0.0562 e. The molecule has 3 nitrogen and oxygen atoms in total. The van der Waals surface area contributed by atoms with E-state index in [2.05, 4.69) is 23.5 Å². The van der Waals surface area contributed by atoms with Crippen LogP contribution in [-0.2, 0) is 6.54 Å². The highest BCUT2D eigenvalue weighted by molar-refractivity contribution is 4.99. The van der Waals surface area contributed by atoms with E-state index >= 15 is 0 Å². The molecule has 0 aromatic carbocycles. The third-order valence-electron chi connectivity index (χ3n) is 2.58. The summed E-state index contributed by atoms with van der Waals surface area (Å²) in [6.45, 7) is 4.27. The van der Waals surface area contributed by atoms with Gasteiger partial charge >= 0.3 is 0 Å². The number of nitrogens with one attached hydrogen (secondary N) is 1. The molecule has 2 rings (SSSR count). The summed E-state index contributed by atoms with van der Waals surface area (Å²) in [4.78, 5) is 0. The molecule has 1 N–H and O–H groups in total. The number of hydrogen-bond acceptors (Lipinski definition) is 2. The molecule has 3 heteroatoms. The Kier molecular flexibility index (Phi) is 2.64. The third kappa shape index (κ3) is 2.31. The van der Waals surface area contributed by atoms with Crippen molar-refractivity contribution in [2.24, 2.45) is 0 Å². The number of hydrogen-bond donors (Lipinski definition) is 1. The Morgan fingerprint density at radius 1 is 1.62 bits per heavy atom. The second-order valence-electron chi connectivity index (χ2n) is 3.89. The van der Waals surface area contributed by atoms with Crippen molar-refractivity contribution in [1.29, 1.82) is 0 Å². The second-order valence-corrected chi connectivity index (χ2v) is 3.89. The van der Waals surface area contributed by atoms with Crippen molar-refractivity contribution in [2.45, 2.75) is 38.8 Å². The van der Waals surface area contributed by atoms with Gasteiger partial charge in [0, 0.05) is 12.2 Å². The van der Waals surface area contributed by atoms with Crippen LogP contribution in [0.25, 0.3) is 0 Å². The Bertz CT molecular complexity index is 261. The fraction of sp³-hybridized carbons (Fsp3) is 0.700. The van der Waals surface area contributed by atoms with Gasteiger partial charge in [0.25, 0.3) is 0 Å². The van der Waals surface area contributed by atoms with Gasteiger partial charge in [-0.25, -0.2) is 0 Å². The number of nitrogens with zero attached hydrogens (tertiary/aromatic N) is 2. The van der Waals surface area contributed by atoms with Crippen molar-refractivity contribution < 1.29 is 0 Å². The molecule has 0 spiro atoms. The van der Waals surface area contributed by atoms with Gasteiger partial charge in [-0.05, 0) is 31.9 Å². The zero-order chi connectivity index (χ0) is 9.10. The van der Waals surface area contributed by atoms with E-state index in [0.29, 0.717) is 6.04 Å². The molecule has 0 bridgehead atoms. The van der Waals surface area contributed by atoms with Crippen LogP contribution in [0.4, 0.5) is 0 Å². The van der Waals surface area contributed by atoms with E-state index in [1.54, 1.807) is 0 Å². The van der Waals surface area contributed by atoms with Crippen LogP contribution in [-0.4, -0.2) is 22.4 Å². The molecule has 1 aromatic rings. The summed E-state index contributed by atoms with van der Waals surface area (Å²) < 4.78 is 2.04. The molecule has 1 aromatic heterocycles. The van der Waals surface area contributed by atoms with Crippen LogP contribution in [0.2, 0.25) is 0 Å². The SMILES string of the molecule is Cc1cnn(C[C@@H]2CCCCN2)c1. The molecule has 0 amide bonds. The molecule has 0 radical (unpaired) electrons. The van der Waals surface area contributed by atoms with E-state index in [-0.39, 0.29) is 0 Å². The monoisotopic (exact) mass is 179 g/mol. The second kappa shape index (κ2) is 3.92. The summed E-state index contributed by atoms with van der Waals surface area (Å²) in [5, 5.41) is 7.80. The summed E-state index contributed by atoms with van der Waals surface area (Å²) in [5.74, 6) is 0. The van der Waals surface area contributed by atoms with Gasteiger partial charge < -0.3 is 5.32 Å². The molecule has 1 saturated heterocycles. The highest BCUT2D eigenvalue weighted by atomic mass is 15.3. The number of rotatable bonds is 2. The van der Waals surface area contributed by atoms with E-state index in [1.165, 1.54) is 31.4 Å². The lowest BCUT2D eigenvalue weighted by Gasteiger charge is -2.23. The highest BCUT2D eigenvalue weighted by Crippen LogP contribution is 2.08. The van der Waals surface area contributed by atoms with E-state index in [0.717, 1.165) is 6.54 Å². The maximum absolute atomic E-state index is 4.29. The van der Waals surface area contributed by atoms with Gasteiger partial charge in [0.2, 0.25) is 0 Å². The summed E-state index contributed by atoms with van der Waals surface area (Å²) in [5.41, 5.74) is 1.25. The largest absolute Gasteiger partial charge is 0.312 e. The van der Waals surface area contributed by atoms with Crippen molar-refractivity contribution in [3.63, 3.8) is 0 Å². The molecule has 1 atom stereocenters. The first-order valence-corrected chi connectivity index (χ1v) is 5.07. The molecule has 0 saturated carbocycles. The van der Waals surface area contributed by atoms with Crippen LogP contribution >= 0.6 is 0 Å². The van der Waals surface area contributed by atoms with E-state index in [9.17, 15) is 0 Å². The molecule has 72 valence electrons. The van der Waals surface area contributed by atoms with Crippen LogP contribution in [0.15, 0.2) is 12.4 Å². The van der Waals surface area contributed by atoms with Crippen LogP contribution < -0.4 is 5.32 Å². The van der Waals surface area contributed by atoms with E-state index in [1.807, 2.05) is 10.9 Å². The van der Waals surface area contributed by atoms with Gasteiger partial charge in [-0.2, -0.15) is 5.10 Å². The van der Waals surface area contributed by atoms with Gasteiger partial charge in [-0.1, -0.05) is 6.42 Å². The molecule has 1 fully saturated rings. The number of aromatic nitrogens is 2. The van der Waals surface area contributed by atoms with Crippen LogP contribution in [0.3, 0.4) is 0 Å². The fourth-order valence-electron chi connectivity index (χ4n) is 1.87. The topological polar surface area (TPSA) is 29.9 Å². The highest BCUT2D eigenvalue weighted by Gasteiger charge is 2.12. The fourth-order valence-corrected chi connectivity index (χ4v) is 1.87. The van der Waals surface area contributed by atoms with E-state index in [4.69, 9.17) is 0 Å². The smallest absolute Gasteiger partial charge is 0.0562 e. The molecule has 2 heterocycles. The lowest BCUT2D eigenvalue weighted by atomic mass is 10.1. The summed E-state index contributed by atoms with van der Waals surface area (Å²) in [7, 11) is 0. The quantitative estimate of drug-likeness (QED) is 0.742. The Balaban J connectivity index is 1.89. The van der Waals surface area contributed by atoms with E-state index < -0.39 is 0 Å². The summed E-state index contributed by atoms with van der Waals surface area (Å²) in [6.07, 6.45) is 8.00. The van der Waals surface area contributed by atoms with Crippen molar-refractivity contribution in [3.8, 4) is 0 Å². The first-order valence-electron chi connectivity index (χ1n) is 5.07. The predicted octanol–water partition coefficient (Wildman–Crippen LogP) is 1.33. The molecule has 0 unspecified atom stereocenters. The number of aryl methyl sites for hydroxylation is 1. The van der Waals surface area contributed by atoms with Gasteiger partial charge in [0.15, 0.2) is 0 Å². The van der Waals surface area contributed by atoms with Gasteiger partial charge in [-0.3, -0.25) is 4.68 Å². The Labute approximate surface area is 79.1 Å². The van der Waals surface area contributed by atoms with Crippen molar-refractivity contribution in [1.82, 2.24) is 15.1 Å². The summed E-state index contributed by atoms with van der Waals surface area (Å²) >= 11 is 0. The average molecular weight is 179 g/mol. The van der Waals surface area contributed by atoms with Crippen molar-refractivity contribution in [2.75, 3.05) is 6.54 Å². The van der Waals surface area contributed by atoms with Crippen molar-refractivity contribution in [3.05, 3.63) is 18.0 Å². The third-order valence-corrected chi connectivity index (χ3v) is 2.58. The van der Waals surface area contributed by atoms with Gasteiger partial charge in [0.1, 0.15) is 0 Å². The van der Waals surface area contributed by atoms with Crippen molar-refractivity contribution >= 4 is 0 Å². The molecule has 0 aliphatic carbocycles. The van der Waals surface area contributed by atoms with Gasteiger partial charge in [-0.15, -0.1) is 0 Å². The Hall–Kier alpha value is -0.830. The minimum absolute atomic E-state index is 0.632. The molecule has 1 aliphatic heterocycles. The summed E-state index contributed by atoms with van der Waals surface area (Å²) in [6, 6.07) is 0.632. The average Bonchev–Trinajstić information content (AvgIpc) is 2.53.